The number of carbonyl (C=O) groups is 1. The first-order valence-electron chi connectivity index (χ1n) is 6.51. The van der Waals surface area contributed by atoms with E-state index in [-0.39, 0.29) is 11.9 Å². The van der Waals surface area contributed by atoms with Gasteiger partial charge in [0.05, 0.1) is 6.04 Å². The molecule has 0 saturated carbocycles. The molecule has 1 aromatic rings. The van der Waals surface area contributed by atoms with Gasteiger partial charge in [-0.25, -0.2) is 0 Å². The fraction of sp³-hybridized carbons (Fsp3) is 0.500. The van der Waals surface area contributed by atoms with E-state index in [0.717, 1.165) is 43.8 Å². The molecule has 2 rings (SSSR count). The highest BCUT2D eigenvalue weighted by Crippen LogP contribution is 2.10. The van der Waals surface area contributed by atoms with Crippen molar-refractivity contribution in [3.63, 3.8) is 0 Å². The van der Waals surface area contributed by atoms with Gasteiger partial charge in [-0.05, 0) is 49.9 Å². The fourth-order valence-corrected chi connectivity index (χ4v) is 2.30. The number of rotatable bonds is 4. The summed E-state index contributed by atoms with van der Waals surface area (Å²) in [6.07, 6.45) is 4.05. The minimum atomic E-state index is -0.0280. The van der Waals surface area contributed by atoms with Gasteiger partial charge >= 0.3 is 0 Å². The van der Waals surface area contributed by atoms with Crippen molar-refractivity contribution in [2.45, 2.75) is 31.7 Å². The SMILES string of the molecule is O=C1NCCCCC1NCCc1ccc(Cl)cc1. The summed E-state index contributed by atoms with van der Waals surface area (Å²) in [5, 5.41) is 7.02. The summed E-state index contributed by atoms with van der Waals surface area (Å²) >= 11 is 5.84. The van der Waals surface area contributed by atoms with Crippen molar-refractivity contribution in [2.75, 3.05) is 13.1 Å². The lowest BCUT2D eigenvalue weighted by molar-refractivity contribution is -0.122. The minimum absolute atomic E-state index is 0.0280. The van der Waals surface area contributed by atoms with Gasteiger partial charge in [-0.3, -0.25) is 4.79 Å². The molecular weight excluding hydrogens is 248 g/mol. The Kier molecular flexibility index (Phi) is 5.02. The van der Waals surface area contributed by atoms with Crippen LogP contribution in [0.5, 0.6) is 0 Å². The molecule has 1 aliphatic heterocycles. The lowest BCUT2D eigenvalue weighted by Crippen LogP contribution is -2.43. The number of benzene rings is 1. The minimum Gasteiger partial charge on any atom is -0.355 e. The van der Waals surface area contributed by atoms with E-state index >= 15 is 0 Å². The highest BCUT2D eigenvalue weighted by Gasteiger charge is 2.19. The molecule has 1 aliphatic rings. The molecule has 3 nitrogen and oxygen atoms in total. The Morgan fingerprint density at radius 3 is 2.83 bits per heavy atom. The van der Waals surface area contributed by atoms with Gasteiger partial charge in [0.15, 0.2) is 0 Å². The van der Waals surface area contributed by atoms with Gasteiger partial charge in [0, 0.05) is 11.6 Å². The first-order chi connectivity index (χ1) is 8.75. The van der Waals surface area contributed by atoms with Crippen LogP contribution >= 0.6 is 11.6 Å². The molecule has 0 bridgehead atoms. The van der Waals surface area contributed by atoms with Crippen LogP contribution in [0.3, 0.4) is 0 Å². The number of carbonyl (C=O) groups excluding carboxylic acids is 1. The molecule has 1 heterocycles. The lowest BCUT2D eigenvalue weighted by atomic mass is 10.1. The van der Waals surface area contributed by atoms with Crippen molar-refractivity contribution >= 4 is 17.5 Å². The third-order valence-corrected chi connectivity index (χ3v) is 3.50. The molecule has 0 aliphatic carbocycles. The topological polar surface area (TPSA) is 41.1 Å². The Morgan fingerprint density at radius 1 is 1.28 bits per heavy atom. The standard InChI is InChI=1S/C14H19ClN2O/c15-12-6-4-11(5-7-12)8-10-16-13-3-1-2-9-17-14(13)18/h4-7,13,16H,1-3,8-10H2,(H,17,18). The van der Waals surface area contributed by atoms with Gasteiger partial charge in [0.25, 0.3) is 0 Å². The molecule has 0 aromatic heterocycles. The smallest absolute Gasteiger partial charge is 0.237 e. The van der Waals surface area contributed by atoms with Crippen LogP contribution < -0.4 is 10.6 Å². The Morgan fingerprint density at radius 2 is 2.06 bits per heavy atom. The summed E-state index contributed by atoms with van der Waals surface area (Å²) in [5.41, 5.74) is 1.24. The average molecular weight is 267 g/mol. The molecule has 98 valence electrons. The molecule has 0 radical (unpaired) electrons. The highest BCUT2D eigenvalue weighted by molar-refractivity contribution is 6.30. The molecule has 1 aromatic carbocycles. The second-order valence-electron chi connectivity index (χ2n) is 4.67. The molecule has 1 atom stereocenters. The molecule has 1 saturated heterocycles. The van der Waals surface area contributed by atoms with Crippen LogP contribution in [0.1, 0.15) is 24.8 Å². The number of nitrogens with one attached hydrogen (secondary N) is 2. The van der Waals surface area contributed by atoms with Crippen LogP contribution in [-0.2, 0) is 11.2 Å². The molecule has 0 spiro atoms. The molecule has 2 N–H and O–H groups in total. The molecular formula is C14H19ClN2O. The van der Waals surface area contributed by atoms with E-state index in [9.17, 15) is 4.79 Å². The third-order valence-electron chi connectivity index (χ3n) is 3.25. The number of amides is 1. The van der Waals surface area contributed by atoms with Crippen molar-refractivity contribution in [3.05, 3.63) is 34.9 Å². The second kappa shape index (κ2) is 6.76. The summed E-state index contributed by atoms with van der Waals surface area (Å²) in [6, 6.07) is 7.82. The first kappa shape index (κ1) is 13.4. The van der Waals surface area contributed by atoms with Crippen LogP contribution in [0.2, 0.25) is 5.02 Å². The van der Waals surface area contributed by atoms with Gasteiger partial charge < -0.3 is 10.6 Å². The van der Waals surface area contributed by atoms with Crippen molar-refractivity contribution in [1.82, 2.24) is 10.6 Å². The number of hydrogen-bond acceptors (Lipinski definition) is 2. The van der Waals surface area contributed by atoms with Crippen molar-refractivity contribution in [2.24, 2.45) is 0 Å². The van der Waals surface area contributed by atoms with E-state index in [4.69, 9.17) is 11.6 Å². The van der Waals surface area contributed by atoms with Gasteiger partial charge in [-0.1, -0.05) is 23.7 Å². The van der Waals surface area contributed by atoms with Crippen molar-refractivity contribution < 1.29 is 4.79 Å². The summed E-state index contributed by atoms with van der Waals surface area (Å²) in [7, 11) is 0. The zero-order chi connectivity index (χ0) is 12.8. The lowest BCUT2D eigenvalue weighted by Gasteiger charge is -2.15. The maximum Gasteiger partial charge on any atom is 0.237 e. The number of hydrogen-bond donors (Lipinski definition) is 2. The summed E-state index contributed by atoms with van der Waals surface area (Å²) in [5.74, 6) is 0.142. The molecule has 18 heavy (non-hydrogen) atoms. The van der Waals surface area contributed by atoms with Crippen LogP contribution in [0.4, 0.5) is 0 Å². The van der Waals surface area contributed by atoms with Crippen LogP contribution in [0.15, 0.2) is 24.3 Å². The van der Waals surface area contributed by atoms with E-state index in [1.54, 1.807) is 0 Å². The number of halogens is 1. The Balaban J connectivity index is 1.77. The second-order valence-corrected chi connectivity index (χ2v) is 5.11. The molecule has 1 unspecified atom stereocenters. The quantitative estimate of drug-likeness (QED) is 0.877. The largest absolute Gasteiger partial charge is 0.355 e. The van der Waals surface area contributed by atoms with Gasteiger partial charge in [-0.2, -0.15) is 0 Å². The highest BCUT2D eigenvalue weighted by atomic mass is 35.5. The van der Waals surface area contributed by atoms with E-state index < -0.39 is 0 Å². The maximum absolute atomic E-state index is 11.7. The third kappa shape index (κ3) is 4.00. The predicted octanol–water partition coefficient (Wildman–Crippen LogP) is 2.14. The first-order valence-corrected chi connectivity index (χ1v) is 6.89. The maximum atomic E-state index is 11.7. The zero-order valence-corrected chi connectivity index (χ0v) is 11.2. The van der Waals surface area contributed by atoms with E-state index in [1.807, 2.05) is 24.3 Å². The van der Waals surface area contributed by atoms with Crippen molar-refractivity contribution in [1.29, 1.82) is 0 Å². The fourth-order valence-electron chi connectivity index (χ4n) is 2.18. The van der Waals surface area contributed by atoms with Crippen LogP contribution in [0.25, 0.3) is 0 Å². The zero-order valence-electron chi connectivity index (χ0n) is 10.4. The van der Waals surface area contributed by atoms with E-state index in [2.05, 4.69) is 10.6 Å². The van der Waals surface area contributed by atoms with Gasteiger partial charge in [-0.15, -0.1) is 0 Å². The Labute approximate surface area is 113 Å². The van der Waals surface area contributed by atoms with Crippen LogP contribution in [-0.4, -0.2) is 25.0 Å². The monoisotopic (exact) mass is 266 g/mol. The predicted molar refractivity (Wildman–Crippen MR) is 73.8 cm³/mol. The van der Waals surface area contributed by atoms with E-state index in [1.165, 1.54) is 5.56 Å². The van der Waals surface area contributed by atoms with Crippen molar-refractivity contribution in [3.8, 4) is 0 Å². The normalized spacial score (nSPS) is 20.3. The molecule has 1 amide bonds. The van der Waals surface area contributed by atoms with E-state index in [0.29, 0.717) is 0 Å². The van der Waals surface area contributed by atoms with Crippen LogP contribution in [0, 0.1) is 0 Å². The van der Waals surface area contributed by atoms with Gasteiger partial charge in [0.1, 0.15) is 0 Å². The Hall–Kier alpha value is -1.06. The Bertz CT molecular complexity index is 391. The summed E-state index contributed by atoms with van der Waals surface area (Å²) < 4.78 is 0. The van der Waals surface area contributed by atoms with Gasteiger partial charge in [0.2, 0.25) is 5.91 Å². The summed E-state index contributed by atoms with van der Waals surface area (Å²) in [6.45, 7) is 1.63. The molecule has 4 heteroatoms. The summed E-state index contributed by atoms with van der Waals surface area (Å²) in [4.78, 5) is 11.7. The molecule has 1 fully saturated rings. The average Bonchev–Trinajstić information content (AvgIpc) is 2.57.